The van der Waals surface area contributed by atoms with Gasteiger partial charge in [0, 0.05) is 48.6 Å². The molecule has 3 N–H and O–H groups in total. The number of carbonyl (C=O) groups is 1. The van der Waals surface area contributed by atoms with Crippen LogP contribution in [-0.4, -0.2) is 35.0 Å². The predicted molar refractivity (Wildman–Crippen MR) is 112 cm³/mol. The molecule has 3 aromatic rings. The fraction of sp³-hybridized carbons (Fsp3) is 0.300. The maximum Gasteiger partial charge on any atom is 0.323 e. The molecule has 4 rings (SSSR count). The van der Waals surface area contributed by atoms with E-state index in [1.807, 2.05) is 0 Å². The highest BCUT2D eigenvalue weighted by Crippen LogP contribution is 2.33. The lowest BCUT2D eigenvalue weighted by Gasteiger charge is -2.33. The van der Waals surface area contributed by atoms with Crippen molar-refractivity contribution in [2.24, 2.45) is 0 Å². The predicted octanol–water partition coefficient (Wildman–Crippen LogP) is 6.03. The highest BCUT2D eigenvalue weighted by molar-refractivity contribution is 6.33. The summed E-state index contributed by atoms with van der Waals surface area (Å²) in [5, 5.41) is 5.83. The minimum absolute atomic E-state index is 0.133. The topological polar surface area (TPSA) is 73.1 Å². The second-order valence-electron chi connectivity index (χ2n) is 7.26. The summed E-state index contributed by atoms with van der Waals surface area (Å²) in [6.45, 7) is 0.266. The Morgan fingerprint density at radius 3 is 2.61 bits per heavy atom. The molecular formula is C20H18ClF4N5O. The molecule has 0 radical (unpaired) electrons. The van der Waals surface area contributed by atoms with Gasteiger partial charge in [0.15, 0.2) is 0 Å². The molecule has 1 fully saturated rings. The number of nitrogens with zero attached hydrogens (tertiary/aromatic N) is 2. The number of benzene rings is 1. The number of H-pyrrole nitrogens is 1. The van der Waals surface area contributed by atoms with Gasteiger partial charge in [-0.1, -0.05) is 17.7 Å². The normalized spacial score (nSPS) is 16.0. The Morgan fingerprint density at radius 2 is 1.94 bits per heavy atom. The van der Waals surface area contributed by atoms with E-state index in [-0.39, 0.29) is 36.5 Å². The van der Waals surface area contributed by atoms with Crippen LogP contribution < -0.4 is 15.5 Å². The van der Waals surface area contributed by atoms with Gasteiger partial charge in [0.25, 0.3) is 12.3 Å². The van der Waals surface area contributed by atoms with Crippen LogP contribution in [0.5, 0.6) is 0 Å². The minimum atomic E-state index is -2.68. The third-order valence-electron chi connectivity index (χ3n) is 5.08. The molecule has 164 valence electrons. The van der Waals surface area contributed by atoms with Gasteiger partial charge in [-0.25, -0.2) is 27.3 Å². The molecular weight excluding hydrogens is 438 g/mol. The van der Waals surface area contributed by atoms with Crippen molar-refractivity contribution in [2.45, 2.75) is 25.2 Å². The van der Waals surface area contributed by atoms with Crippen molar-refractivity contribution in [3.63, 3.8) is 0 Å². The van der Waals surface area contributed by atoms with Crippen LogP contribution in [0.15, 0.2) is 36.7 Å². The van der Waals surface area contributed by atoms with Gasteiger partial charge in [0.2, 0.25) is 0 Å². The van der Waals surface area contributed by atoms with E-state index in [0.717, 1.165) is 0 Å². The van der Waals surface area contributed by atoms with E-state index >= 15 is 0 Å². The Bertz CT molecular complexity index is 1110. The number of alkyl halides is 4. The van der Waals surface area contributed by atoms with Crippen LogP contribution in [0, 0.1) is 0 Å². The van der Waals surface area contributed by atoms with Gasteiger partial charge in [-0.05, 0) is 18.2 Å². The Morgan fingerprint density at radius 1 is 1.19 bits per heavy atom. The van der Waals surface area contributed by atoms with Crippen molar-refractivity contribution in [3.05, 3.63) is 47.2 Å². The number of aromatic nitrogens is 2. The molecule has 0 unspecified atom stereocenters. The van der Waals surface area contributed by atoms with Crippen molar-refractivity contribution < 1.29 is 22.4 Å². The number of rotatable bonds is 4. The van der Waals surface area contributed by atoms with Crippen molar-refractivity contribution >= 4 is 45.7 Å². The number of hydrogen-bond donors (Lipinski definition) is 3. The lowest BCUT2D eigenvalue weighted by molar-refractivity contribution is -0.0221. The summed E-state index contributed by atoms with van der Waals surface area (Å²) in [6.07, 6.45) is -0.298. The van der Waals surface area contributed by atoms with Crippen LogP contribution in [0.2, 0.25) is 5.02 Å². The molecule has 0 bridgehead atoms. The fourth-order valence-corrected chi connectivity index (χ4v) is 3.73. The van der Waals surface area contributed by atoms with E-state index in [0.29, 0.717) is 28.1 Å². The summed E-state index contributed by atoms with van der Waals surface area (Å²) in [6, 6.07) is 4.98. The SMILES string of the molecule is O=C(Nc1cnc(N2CCC(F)(F)CC2)c(Cl)c1)Nc1c[nH]c2ccc(C(F)F)cc12. The second kappa shape index (κ2) is 8.26. The Kier molecular flexibility index (Phi) is 5.65. The van der Waals surface area contributed by atoms with Gasteiger partial charge in [0.05, 0.1) is 22.6 Å². The molecule has 1 aromatic carbocycles. The number of nitrogens with one attached hydrogen (secondary N) is 3. The zero-order valence-electron chi connectivity index (χ0n) is 16.1. The standard InChI is InChI=1S/C20H18ClF4N5O/c21-14-8-12(9-27-18(14)30-5-3-20(24,25)4-6-30)28-19(31)29-16-10-26-15-2-1-11(17(22)23)7-13(15)16/h1-2,7-10,17,26H,3-6H2,(H2,28,29,31). The first-order chi connectivity index (χ1) is 14.7. The van der Waals surface area contributed by atoms with Gasteiger partial charge in [0.1, 0.15) is 5.82 Å². The van der Waals surface area contributed by atoms with E-state index in [2.05, 4.69) is 20.6 Å². The third-order valence-corrected chi connectivity index (χ3v) is 5.36. The second-order valence-corrected chi connectivity index (χ2v) is 7.67. The van der Waals surface area contributed by atoms with Gasteiger partial charge in [-0.2, -0.15) is 0 Å². The molecule has 3 heterocycles. The zero-order valence-corrected chi connectivity index (χ0v) is 16.8. The van der Waals surface area contributed by atoms with Crippen LogP contribution in [0.4, 0.5) is 39.5 Å². The van der Waals surface area contributed by atoms with Crippen LogP contribution in [0.3, 0.4) is 0 Å². The van der Waals surface area contributed by atoms with E-state index in [4.69, 9.17) is 11.6 Å². The quantitative estimate of drug-likeness (QED) is 0.420. The average Bonchev–Trinajstić information content (AvgIpc) is 3.10. The number of carbonyl (C=O) groups excluding carboxylic acids is 1. The molecule has 1 saturated heterocycles. The number of fused-ring (bicyclic) bond motifs is 1. The maximum atomic E-state index is 13.3. The number of anilines is 3. The number of hydrogen-bond acceptors (Lipinski definition) is 3. The van der Waals surface area contributed by atoms with E-state index in [9.17, 15) is 22.4 Å². The Hall–Kier alpha value is -3.01. The first-order valence-electron chi connectivity index (χ1n) is 9.47. The summed E-state index contributed by atoms with van der Waals surface area (Å²) >= 11 is 6.25. The van der Waals surface area contributed by atoms with Crippen molar-refractivity contribution in [1.82, 2.24) is 9.97 Å². The van der Waals surface area contributed by atoms with Crippen LogP contribution in [0.25, 0.3) is 10.9 Å². The zero-order chi connectivity index (χ0) is 22.2. The molecule has 31 heavy (non-hydrogen) atoms. The molecule has 1 aliphatic heterocycles. The van der Waals surface area contributed by atoms with Gasteiger partial charge >= 0.3 is 6.03 Å². The molecule has 11 heteroatoms. The summed E-state index contributed by atoms with van der Waals surface area (Å²) in [4.78, 5) is 21.1. The van der Waals surface area contributed by atoms with Gasteiger partial charge in [-0.3, -0.25) is 0 Å². The highest BCUT2D eigenvalue weighted by Gasteiger charge is 2.34. The van der Waals surface area contributed by atoms with Crippen molar-refractivity contribution in [3.8, 4) is 0 Å². The molecule has 2 amide bonds. The average molecular weight is 456 g/mol. The smallest absolute Gasteiger partial charge is 0.323 e. The van der Waals surface area contributed by atoms with Crippen molar-refractivity contribution in [1.29, 1.82) is 0 Å². The van der Waals surface area contributed by atoms with Crippen LogP contribution >= 0.6 is 11.6 Å². The molecule has 0 aliphatic carbocycles. The van der Waals surface area contributed by atoms with Crippen molar-refractivity contribution in [2.75, 3.05) is 28.6 Å². The maximum absolute atomic E-state index is 13.3. The third kappa shape index (κ3) is 4.68. The number of urea groups is 1. The monoisotopic (exact) mass is 455 g/mol. The first kappa shape index (κ1) is 21.2. The van der Waals surface area contributed by atoms with Gasteiger partial charge in [-0.15, -0.1) is 0 Å². The largest absolute Gasteiger partial charge is 0.359 e. The van der Waals surface area contributed by atoms with E-state index in [1.165, 1.54) is 36.7 Å². The summed E-state index contributed by atoms with van der Waals surface area (Å²) in [5.41, 5.74) is 1.07. The number of pyridine rings is 1. The first-order valence-corrected chi connectivity index (χ1v) is 9.85. The molecule has 1 aliphatic rings. The number of aromatic amines is 1. The van der Waals surface area contributed by atoms with E-state index in [1.54, 1.807) is 4.90 Å². The molecule has 2 aromatic heterocycles. The van der Waals surface area contributed by atoms with Gasteiger partial charge < -0.3 is 20.5 Å². The minimum Gasteiger partial charge on any atom is -0.359 e. The molecule has 0 atom stereocenters. The fourth-order valence-electron chi connectivity index (χ4n) is 3.44. The highest BCUT2D eigenvalue weighted by atomic mass is 35.5. The Labute approximate surface area is 179 Å². The van der Waals surface area contributed by atoms with Crippen LogP contribution in [-0.2, 0) is 0 Å². The number of piperidine rings is 1. The Balaban J connectivity index is 1.44. The summed E-state index contributed by atoms with van der Waals surface area (Å²) < 4.78 is 52.6. The molecule has 0 saturated carbocycles. The summed E-state index contributed by atoms with van der Waals surface area (Å²) in [7, 11) is 0. The lowest BCUT2D eigenvalue weighted by atomic mass is 10.1. The lowest BCUT2D eigenvalue weighted by Crippen LogP contribution is -2.39. The molecule has 0 spiro atoms. The number of halogens is 5. The summed E-state index contributed by atoms with van der Waals surface area (Å²) in [5.74, 6) is -2.31. The van der Waals surface area contributed by atoms with E-state index < -0.39 is 18.4 Å². The van der Waals surface area contributed by atoms with Crippen LogP contribution in [0.1, 0.15) is 24.8 Å². The molecule has 6 nitrogen and oxygen atoms in total. The number of amides is 2.